The van der Waals surface area contributed by atoms with Gasteiger partial charge in [0, 0.05) is 6.04 Å². The molecule has 0 aliphatic rings. The molecule has 0 spiro atoms. The van der Waals surface area contributed by atoms with E-state index >= 15 is 0 Å². The normalized spacial score (nSPS) is 12.9. The van der Waals surface area contributed by atoms with E-state index in [1.807, 2.05) is 0 Å². The Hall–Kier alpha value is -0.960. The first-order valence-electron chi connectivity index (χ1n) is 3.79. The third kappa shape index (κ3) is 2.27. The topological polar surface area (TPSA) is 26.0 Å². The fourth-order valence-corrected chi connectivity index (χ4v) is 1.00. The molecule has 0 aromatic heterocycles. The van der Waals surface area contributed by atoms with Crippen LogP contribution < -0.4 is 5.73 Å². The van der Waals surface area contributed by atoms with Crippen molar-refractivity contribution < 1.29 is 8.78 Å². The smallest absolute Gasteiger partial charge is 0.126 e. The lowest BCUT2D eigenvalue weighted by Gasteiger charge is -2.06. The van der Waals surface area contributed by atoms with Crippen LogP contribution in [0.5, 0.6) is 0 Å². The summed E-state index contributed by atoms with van der Waals surface area (Å²) in [5.74, 6) is -0.318. The van der Waals surface area contributed by atoms with E-state index in [4.69, 9.17) is 5.73 Å². The fourth-order valence-electron chi connectivity index (χ4n) is 1.00. The first-order chi connectivity index (χ1) is 5.74. The number of nitrogens with two attached hydrogens (primary N) is 1. The molecule has 0 saturated carbocycles. The summed E-state index contributed by atoms with van der Waals surface area (Å²) < 4.78 is 24.9. The number of alkyl halides is 1. The van der Waals surface area contributed by atoms with Crippen LogP contribution in [0.3, 0.4) is 0 Å². The van der Waals surface area contributed by atoms with Crippen molar-refractivity contribution in [1.82, 2.24) is 0 Å². The van der Waals surface area contributed by atoms with E-state index in [-0.39, 0.29) is 12.2 Å². The molecule has 1 aromatic rings. The van der Waals surface area contributed by atoms with Gasteiger partial charge < -0.3 is 5.73 Å². The Morgan fingerprint density at radius 1 is 1.33 bits per heavy atom. The van der Waals surface area contributed by atoms with Gasteiger partial charge in [-0.15, -0.1) is 0 Å². The molecule has 0 aliphatic heterocycles. The van der Waals surface area contributed by atoms with Gasteiger partial charge in [-0.1, -0.05) is 18.2 Å². The Bertz CT molecular complexity index is 250. The molecule has 0 radical (unpaired) electrons. The Balaban J connectivity index is 2.69. The summed E-state index contributed by atoms with van der Waals surface area (Å²) in [7, 11) is 0. The predicted molar refractivity (Wildman–Crippen MR) is 44.1 cm³/mol. The third-order valence-corrected chi connectivity index (χ3v) is 1.64. The van der Waals surface area contributed by atoms with Crippen molar-refractivity contribution in [3.63, 3.8) is 0 Å². The summed E-state index contributed by atoms with van der Waals surface area (Å²) in [6.07, 6.45) is 0.253. The van der Waals surface area contributed by atoms with Crippen molar-refractivity contribution in [2.75, 3.05) is 6.67 Å². The van der Waals surface area contributed by atoms with E-state index in [1.54, 1.807) is 18.2 Å². The molecule has 0 heterocycles. The van der Waals surface area contributed by atoms with Gasteiger partial charge in [0.2, 0.25) is 0 Å². The van der Waals surface area contributed by atoms with Crippen molar-refractivity contribution in [2.45, 2.75) is 12.5 Å². The molecule has 1 nitrogen and oxygen atoms in total. The molecule has 1 aromatic carbocycles. The number of rotatable bonds is 3. The average molecular weight is 171 g/mol. The van der Waals surface area contributed by atoms with Crippen molar-refractivity contribution in [1.29, 1.82) is 0 Å². The molecule has 12 heavy (non-hydrogen) atoms. The van der Waals surface area contributed by atoms with Gasteiger partial charge in [0.05, 0.1) is 0 Å². The summed E-state index contributed by atoms with van der Waals surface area (Å²) in [4.78, 5) is 0. The van der Waals surface area contributed by atoms with E-state index < -0.39 is 12.7 Å². The summed E-state index contributed by atoms with van der Waals surface area (Å²) in [5.41, 5.74) is 5.81. The molecule has 0 aliphatic carbocycles. The predicted octanol–water partition coefficient (Wildman–Crippen LogP) is 1.66. The Morgan fingerprint density at radius 2 is 2.00 bits per heavy atom. The first-order valence-corrected chi connectivity index (χ1v) is 3.79. The summed E-state index contributed by atoms with van der Waals surface area (Å²) in [6.45, 7) is -0.617. The molecule has 1 atom stereocenters. The van der Waals surface area contributed by atoms with Gasteiger partial charge in [-0.25, -0.2) is 8.78 Å². The third-order valence-electron chi connectivity index (χ3n) is 1.64. The monoisotopic (exact) mass is 171 g/mol. The van der Waals surface area contributed by atoms with E-state index in [2.05, 4.69) is 0 Å². The quantitative estimate of drug-likeness (QED) is 0.735. The van der Waals surface area contributed by atoms with E-state index in [1.165, 1.54) is 6.07 Å². The van der Waals surface area contributed by atoms with Crippen LogP contribution in [0.25, 0.3) is 0 Å². The zero-order valence-corrected chi connectivity index (χ0v) is 6.63. The molecule has 1 rings (SSSR count). The summed E-state index contributed by atoms with van der Waals surface area (Å²) in [6, 6.07) is 5.68. The SMILES string of the molecule is NC(CF)Cc1ccccc1F. The molecule has 0 bridgehead atoms. The highest BCUT2D eigenvalue weighted by atomic mass is 19.1. The molecule has 0 fully saturated rings. The Labute approximate surface area is 70.2 Å². The molecule has 0 saturated heterocycles. The van der Waals surface area contributed by atoms with Crippen LogP contribution in [0, 0.1) is 5.82 Å². The lowest BCUT2D eigenvalue weighted by Crippen LogP contribution is -2.25. The Kier molecular flexibility index (Phi) is 3.17. The molecular weight excluding hydrogens is 160 g/mol. The van der Waals surface area contributed by atoms with Crippen LogP contribution in [0.4, 0.5) is 8.78 Å². The van der Waals surface area contributed by atoms with Crippen molar-refractivity contribution in [3.05, 3.63) is 35.6 Å². The minimum Gasteiger partial charge on any atom is -0.325 e. The van der Waals surface area contributed by atoms with Crippen LogP contribution in [0.15, 0.2) is 24.3 Å². The number of benzene rings is 1. The van der Waals surface area contributed by atoms with Crippen LogP contribution >= 0.6 is 0 Å². The first kappa shape index (κ1) is 9.13. The zero-order valence-electron chi connectivity index (χ0n) is 6.63. The maximum Gasteiger partial charge on any atom is 0.126 e. The van der Waals surface area contributed by atoms with Crippen LogP contribution in [-0.4, -0.2) is 12.7 Å². The lowest BCUT2D eigenvalue weighted by molar-refractivity contribution is 0.423. The van der Waals surface area contributed by atoms with Gasteiger partial charge in [0.1, 0.15) is 12.5 Å². The van der Waals surface area contributed by atoms with E-state index in [0.717, 1.165) is 0 Å². The fraction of sp³-hybridized carbons (Fsp3) is 0.333. The van der Waals surface area contributed by atoms with Crippen molar-refractivity contribution in [3.8, 4) is 0 Å². The number of halogens is 2. The molecule has 3 heteroatoms. The second kappa shape index (κ2) is 4.16. The standard InChI is InChI=1S/C9H11F2N/c10-6-8(12)5-7-3-1-2-4-9(7)11/h1-4,8H,5-6,12H2. The van der Waals surface area contributed by atoms with Crippen molar-refractivity contribution in [2.24, 2.45) is 5.73 Å². The van der Waals surface area contributed by atoms with E-state index in [9.17, 15) is 8.78 Å². The maximum absolute atomic E-state index is 12.9. The van der Waals surface area contributed by atoms with Gasteiger partial charge in [0.25, 0.3) is 0 Å². The average Bonchev–Trinajstić information content (AvgIpc) is 2.09. The van der Waals surface area contributed by atoms with Gasteiger partial charge in [-0.3, -0.25) is 0 Å². The van der Waals surface area contributed by atoms with Crippen LogP contribution in [0.1, 0.15) is 5.56 Å². The second-order valence-corrected chi connectivity index (χ2v) is 2.71. The van der Waals surface area contributed by atoms with Gasteiger partial charge in [-0.2, -0.15) is 0 Å². The van der Waals surface area contributed by atoms with Gasteiger partial charge in [-0.05, 0) is 18.1 Å². The number of hydrogen-bond acceptors (Lipinski definition) is 1. The minimum atomic E-state index is -0.617. The van der Waals surface area contributed by atoms with Gasteiger partial charge in [0.15, 0.2) is 0 Å². The maximum atomic E-state index is 12.9. The lowest BCUT2D eigenvalue weighted by atomic mass is 10.1. The number of hydrogen-bond donors (Lipinski definition) is 1. The Morgan fingerprint density at radius 3 is 2.58 bits per heavy atom. The second-order valence-electron chi connectivity index (χ2n) is 2.71. The highest BCUT2D eigenvalue weighted by molar-refractivity contribution is 5.18. The summed E-state index contributed by atoms with van der Waals surface area (Å²) in [5, 5.41) is 0. The highest BCUT2D eigenvalue weighted by Crippen LogP contribution is 2.08. The summed E-state index contributed by atoms with van der Waals surface area (Å²) >= 11 is 0. The molecule has 66 valence electrons. The molecular formula is C9H11F2N. The van der Waals surface area contributed by atoms with Crippen LogP contribution in [0.2, 0.25) is 0 Å². The molecule has 2 N–H and O–H groups in total. The van der Waals surface area contributed by atoms with E-state index in [0.29, 0.717) is 5.56 Å². The molecule has 1 unspecified atom stereocenters. The van der Waals surface area contributed by atoms with Crippen LogP contribution in [-0.2, 0) is 6.42 Å². The zero-order chi connectivity index (χ0) is 8.97. The minimum absolute atomic E-state index is 0.253. The van der Waals surface area contributed by atoms with Crippen molar-refractivity contribution >= 4 is 0 Å². The highest BCUT2D eigenvalue weighted by Gasteiger charge is 2.06. The largest absolute Gasteiger partial charge is 0.325 e. The van der Waals surface area contributed by atoms with Gasteiger partial charge >= 0.3 is 0 Å². The molecule has 0 amide bonds.